The molecule has 2 aliphatic carbocycles. The number of esters is 2. The zero-order chi connectivity index (χ0) is 46.0. The fraction of sp³-hybridized carbons (Fsp3) is 0.857. The molecule has 0 aromatic heterocycles. The summed E-state index contributed by atoms with van der Waals surface area (Å²) in [7, 11) is 0. The number of unbranched alkanes of at least 4 members (excludes halogenated alkanes) is 22. The molecule has 0 heterocycles. The number of allylic oxidation sites excluding steroid dienone is 4. The molecule has 0 aromatic rings. The highest BCUT2D eigenvalue weighted by atomic mass is 16.5. The molecule has 8 heteroatoms. The normalized spacial score (nSPS) is 15.0. The summed E-state index contributed by atoms with van der Waals surface area (Å²) in [6.07, 6.45) is 53.5. The van der Waals surface area contributed by atoms with Crippen molar-refractivity contribution in [1.29, 1.82) is 0 Å². The van der Waals surface area contributed by atoms with Crippen LogP contribution < -0.4 is 0 Å². The topological polar surface area (TPSA) is 93.2 Å². The number of carbonyl (C=O) groups excluding carboxylic acids is 4. The first-order chi connectivity index (χ1) is 31.5. The van der Waals surface area contributed by atoms with Crippen LogP contribution >= 0.6 is 0 Å². The molecule has 370 valence electrons. The second-order valence-electron chi connectivity index (χ2n) is 19.4. The van der Waals surface area contributed by atoms with E-state index in [1.807, 2.05) is 9.80 Å². The van der Waals surface area contributed by atoms with E-state index in [4.69, 9.17) is 9.47 Å². The number of ether oxygens (including phenoxy) is 2. The van der Waals surface area contributed by atoms with Gasteiger partial charge < -0.3 is 19.3 Å². The maximum Gasteiger partial charge on any atom is 0.306 e. The molecule has 2 fully saturated rings. The lowest BCUT2D eigenvalue weighted by Crippen LogP contribution is -2.43. The minimum absolute atomic E-state index is 0.0497. The van der Waals surface area contributed by atoms with Crippen molar-refractivity contribution in [2.45, 2.75) is 283 Å². The second kappa shape index (κ2) is 41.8. The van der Waals surface area contributed by atoms with Gasteiger partial charge in [-0.25, -0.2) is 0 Å². The van der Waals surface area contributed by atoms with Gasteiger partial charge >= 0.3 is 11.9 Å². The average Bonchev–Trinajstić information content (AvgIpc) is 3.31. The summed E-state index contributed by atoms with van der Waals surface area (Å²) < 4.78 is 11.1. The van der Waals surface area contributed by atoms with E-state index in [-0.39, 0.29) is 50.0 Å². The van der Waals surface area contributed by atoms with Gasteiger partial charge in [0.2, 0.25) is 11.8 Å². The molecule has 0 bridgehead atoms. The third-order valence-corrected chi connectivity index (χ3v) is 13.7. The molecule has 0 atom stereocenters. The van der Waals surface area contributed by atoms with Crippen molar-refractivity contribution >= 4 is 23.8 Å². The summed E-state index contributed by atoms with van der Waals surface area (Å²) in [6, 6.07) is 0.445. The highest BCUT2D eigenvalue weighted by molar-refractivity contribution is 5.78. The Morgan fingerprint density at radius 2 is 0.688 bits per heavy atom. The predicted molar refractivity (Wildman–Crippen MR) is 267 cm³/mol. The van der Waals surface area contributed by atoms with Gasteiger partial charge in [-0.2, -0.15) is 0 Å². The second-order valence-corrected chi connectivity index (χ2v) is 19.4. The maximum absolute atomic E-state index is 13.4. The molecule has 2 aliphatic rings. The monoisotopic (exact) mass is 897 g/mol. The lowest BCUT2D eigenvalue weighted by atomic mass is 9.94. The van der Waals surface area contributed by atoms with Crippen molar-refractivity contribution in [3.05, 3.63) is 24.3 Å². The molecule has 0 unspecified atom stereocenters. The first kappa shape index (κ1) is 57.5. The summed E-state index contributed by atoms with van der Waals surface area (Å²) in [5, 5.41) is 0. The van der Waals surface area contributed by atoms with E-state index in [9.17, 15) is 19.2 Å². The largest absolute Gasteiger partial charge is 0.464 e. The summed E-state index contributed by atoms with van der Waals surface area (Å²) in [5.74, 6) is -0.524. The van der Waals surface area contributed by atoms with Gasteiger partial charge in [-0.05, 0) is 89.9 Å². The van der Waals surface area contributed by atoms with E-state index >= 15 is 0 Å². The maximum atomic E-state index is 13.4. The van der Waals surface area contributed by atoms with Crippen LogP contribution in [0.4, 0.5) is 0 Å². The van der Waals surface area contributed by atoms with Gasteiger partial charge in [-0.3, -0.25) is 19.2 Å². The highest BCUT2D eigenvalue weighted by Crippen LogP contribution is 2.25. The van der Waals surface area contributed by atoms with Crippen molar-refractivity contribution in [1.82, 2.24) is 9.80 Å². The molecular weight excluding hydrogens is 797 g/mol. The molecule has 0 aliphatic heterocycles. The van der Waals surface area contributed by atoms with Gasteiger partial charge in [-0.15, -0.1) is 0 Å². The summed E-state index contributed by atoms with van der Waals surface area (Å²) in [5.41, 5.74) is 0. The Bertz CT molecular complexity index is 1110. The Morgan fingerprint density at radius 1 is 0.391 bits per heavy atom. The number of rotatable bonds is 41. The van der Waals surface area contributed by atoms with E-state index in [0.717, 1.165) is 103 Å². The van der Waals surface area contributed by atoms with Gasteiger partial charge in [0.15, 0.2) is 0 Å². The Hall–Kier alpha value is -2.64. The molecule has 8 nitrogen and oxygen atoms in total. The molecule has 0 radical (unpaired) electrons. The van der Waals surface area contributed by atoms with Gasteiger partial charge in [-0.1, -0.05) is 179 Å². The van der Waals surface area contributed by atoms with Crippen molar-refractivity contribution in [2.75, 3.05) is 26.3 Å². The van der Waals surface area contributed by atoms with Crippen LogP contribution in [0.15, 0.2) is 24.3 Å². The van der Waals surface area contributed by atoms with Crippen molar-refractivity contribution in [2.24, 2.45) is 0 Å². The predicted octanol–water partition coefficient (Wildman–Crippen LogP) is 15.3. The third-order valence-electron chi connectivity index (χ3n) is 13.7. The van der Waals surface area contributed by atoms with Crippen LogP contribution in [0.5, 0.6) is 0 Å². The van der Waals surface area contributed by atoms with Crippen LogP contribution in [0.1, 0.15) is 271 Å². The smallest absolute Gasteiger partial charge is 0.306 e. The van der Waals surface area contributed by atoms with Crippen molar-refractivity contribution in [3.63, 3.8) is 0 Å². The number of hydrogen-bond acceptors (Lipinski definition) is 6. The Labute approximate surface area is 394 Å². The fourth-order valence-electron chi connectivity index (χ4n) is 9.65. The van der Waals surface area contributed by atoms with Crippen LogP contribution in [-0.4, -0.2) is 71.9 Å². The number of nitrogens with zero attached hydrogens (tertiary/aromatic N) is 2. The molecule has 64 heavy (non-hydrogen) atoms. The van der Waals surface area contributed by atoms with Crippen molar-refractivity contribution in [3.8, 4) is 0 Å². The van der Waals surface area contributed by atoms with Crippen LogP contribution in [0.3, 0.4) is 0 Å². The molecule has 0 N–H and O–H groups in total. The van der Waals surface area contributed by atoms with Crippen LogP contribution in [0, 0.1) is 0 Å². The van der Waals surface area contributed by atoms with Gasteiger partial charge in [0.25, 0.3) is 0 Å². The minimum Gasteiger partial charge on any atom is -0.464 e. The van der Waals surface area contributed by atoms with Gasteiger partial charge in [0, 0.05) is 24.9 Å². The summed E-state index contributed by atoms with van der Waals surface area (Å²) >= 11 is 0. The van der Waals surface area contributed by atoms with E-state index in [0.29, 0.717) is 25.9 Å². The molecule has 2 saturated carbocycles. The zero-order valence-corrected chi connectivity index (χ0v) is 41.9. The standard InChI is InChI=1S/C56H100N2O6/c1-3-5-7-9-11-13-15-17-19-21-23-25-27-29-37-43-53(59)57(51-39-33-31-34-40-51)47-49-63-55(61)45-46-56(62)64-50-48-58(52-41-35-32-36-42-52)54(60)44-38-30-28-26-24-22-20-18-16-14-12-10-8-6-4-2/h17-20,51-52H,3-16,21-50H2,1-2H3/b19-17+,20-18+. The van der Waals surface area contributed by atoms with Crippen LogP contribution in [0.25, 0.3) is 0 Å². The Balaban J connectivity index is 1.60. The minimum atomic E-state index is -0.441. The highest BCUT2D eigenvalue weighted by Gasteiger charge is 2.27. The lowest BCUT2D eigenvalue weighted by Gasteiger charge is -2.34. The fourth-order valence-corrected chi connectivity index (χ4v) is 9.65. The third kappa shape index (κ3) is 31.3. The van der Waals surface area contributed by atoms with Crippen molar-refractivity contribution < 1.29 is 28.7 Å². The first-order valence-electron chi connectivity index (χ1n) is 27.7. The Kier molecular flexibility index (Phi) is 37.5. The molecule has 0 saturated heterocycles. The SMILES string of the molecule is CCCCCCCC/C=C/CCCCCCCC(=O)N(CCOC(=O)CCC(=O)OCCN(C(=O)CCCCCCC/C=C/CCCCCCCC)C1CCCCC1)C1CCCCC1. The number of hydrogen-bond donors (Lipinski definition) is 0. The molecule has 0 spiro atoms. The van der Waals surface area contributed by atoms with Crippen LogP contribution in [-0.2, 0) is 28.7 Å². The van der Waals surface area contributed by atoms with E-state index < -0.39 is 11.9 Å². The molecule has 2 amide bonds. The zero-order valence-electron chi connectivity index (χ0n) is 41.9. The molecule has 0 aromatic carbocycles. The average molecular weight is 897 g/mol. The number of amides is 2. The van der Waals surface area contributed by atoms with E-state index in [1.165, 1.54) is 128 Å². The summed E-state index contributed by atoms with van der Waals surface area (Å²) in [6.45, 7) is 5.65. The molecular formula is C56H100N2O6. The van der Waals surface area contributed by atoms with E-state index in [1.54, 1.807) is 0 Å². The van der Waals surface area contributed by atoms with Gasteiger partial charge in [0.05, 0.1) is 25.9 Å². The van der Waals surface area contributed by atoms with Crippen LogP contribution in [0.2, 0.25) is 0 Å². The quantitative estimate of drug-likeness (QED) is 0.0345. The summed E-state index contributed by atoms with van der Waals surface area (Å²) in [4.78, 5) is 56.1. The first-order valence-corrected chi connectivity index (χ1v) is 27.7. The van der Waals surface area contributed by atoms with E-state index in [2.05, 4.69) is 38.2 Å². The lowest BCUT2D eigenvalue weighted by molar-refractivity contribution is -0.152. The number of carbonyl (C=O) groups is 4. The Morgan fingerprint density at radius 3 is 1.02 bits per heavy atom. The van der Waals surface area contributed by atoms with Gasteiger partial charge in [0.1, 0.15) is 13.2 Å². The molecule has 2 rings (SSSR count).